The van der Waals surface area contributed by atoms with Gasteiger partial charge in [0.15, 0.2) is 9.84 Å². The van der Waals surface area contributed by atoms with E-state index in [4.69, 9.17) is 16.0 Å². The molecule has 2 aromatic carbocycles. The number of hydrogen-bond donors (Lipinski definition) is 6. The highest BCUT2D eigenvalue weighted by Gasteiger charge is 2.38. The Morgan fingerprint density at radius 3 is 2.45 bits per heavy atom. The molecule has 1 aromatic heterocycles. The van der Waals surface area contributed by atoms with Crippen LogP contribution in [0.5, 0.6) is 0 Å². The summed E-state index contributed by atoms with van der Waals surface area (Å²) in [5.74, 6) is -0.161. The number of nitrogens with zero attached hydrogens (tertiary/aromatic N) is 3. The van der Waals surface area contributed by atoms with Crippen LogP contribution in [0.3, 0.4) is 0 Å². The van der Waals surface area contributed by atoms with E-state index in [2.05, 4.69) is 31.3 Å². The van der Waals surface area contributed by atoms with E-state index >= 15 is 0 Å². The number of hydrogen-bond acceptors (Lipinski definition) is 11. The molecule has 15 heteroatoms. The van der Waals surface area contributed by atoms with Crippen LogP contribution in [-0.4, -0.2) is 74.1 Å². The number of anilines is 2. The molecule has 0 atom stereocenters. The van der Waals surface area contributed by atoms with E-state index in [-0.39, 0.29) is 48.9 Å². The number of aliphatic hydroxyl groups is 1. The highest BCUT2D eigenvalue weighted by molar-refractivity contribution is 7.94. The second-order valence-corrected chi connectivity index (χ2v) is 11.0. The first-order chi connectivity index (χ1) is 15.7. The molecule has 1 aliphatic rings. The molecule has 0 radical (unpaired) electrons. The molecule has 0 saturated carbocycles. The van der Waals surface area contributed by atoms with Gasteiger partial charge in [-0.25, -0.2) is 22.0 Å². The van der Waals surface area contributed by atoms with Gasteiger partial charge in [-0.15, -0.1) is 10.2 Å². The average Bonchev–Trinajstić information content (AvgIpc) is 3.24. The summed E-state index contributed by atoms with van der Waals surface area (Å²) in [6.07, 6.45) is 0. The molecule has 8 N–H and O–H groups in total. The van der Waals surface area contributed by atoms with Crippen LogP contribution in [0.1, 0.15) is 0 Å². The lowest BCUT2D eigenvalue weighted by Gasteiger charge is -2.28. The van der Waals surface area contributed by atoms with Crippen molar-refractivity contribution in [1.29, 1.82) is 0 Å². The third-order valence-corrected chi connectivity index (χ3v) is 8.57. The van der Waals surface area contributed by atoms with E-state index in [1.54, 1.807) is 18.2 Å². The third-order valence-electron chi connectivity index (χ3n) is 5.29. The zero-order valence-electron chi connectivity index (χ0n) is 17.2. The minimum absolute atomic E-state index is 0.129. The van der Waals surface area contributed by atoms with E-state index < -0.39 is 34.9 Å². The molecule has 2 heterocycles. The van der Waals surface area contributed by atoms with E-state index in [1.807, 2.05) is 0 Å². The topological polar surface area (TPSA) is 219 Å². The summed E-state index contributed by atoms with van der Waals surface area (Å²) in [6.45, 7) is 0.491. The van der Waals surface area contributed by atoms with Crippen molar-refractivity contribution in [2.75, 3.05) is 37.3 Å². The zero-order chi connectivity index (χ0) is 23.8. The molecule has 0 aliphatic carbocycles. The van der Waals surface area contributed by atoms with Crippen molar-refractivity contribution in [2.45, 2.75) is 15.0 Å². The Labute approximate surface area is 189 Å². The molecule has 0 amide bonds. The van der Waals surface area contributed by atoms with Gasteiger partial charge in [0.05, 0.1) is 33.7 Å². The molecule has 1 saturated heterocycles. The number of H-pyrrole nitrogens is 1. The molecule has 0 spiro atoms. The average molecular weight is 495 g/mol. The van der Waals surface area contributed by atoms with Crippen LogP contribution in [0.2, 0.25) is 0 Å². The lowest BCUT2D eigenvalue weighted by atomic mass is 9.97. The third kappa shape index (κ3) is 4.16. The number of nitrogen functional groups attached to an aromatic ring is 1. The summed E-state index contributed by atoms with van der Waals surface area (Å²) in [5.41, 5.74) is 7.56. The first-order valence-corrected chi connectivity index (χ1v) is 12.9. The van der Waals surface area contributed by atoms with Gasteiger partial charge in [0.25, 0.3) is 0 Å². The second kappa shape index (κ2) is 8.68. The smallest absolute Gasteiger partial charge is 0.240 e. The van der Waals surface area contributed by atoms with Gasteiger partial charge < -0.3 is 21.5 Å². The maximum atomic E-state index is 13.2. The van der Waals surface area contributed by atoms with Gasteiger partial charge in [-0.3, -0.25) is 0 Å². The number of aliphatic hydroxyl groups excluding tert-OH is 1. The summed E-state index contributed by atoms with van der Waals surface area (Å²) < 4.78 is 51.9. The molecular weight excluding hydrogens is 472 g/mol. The first kappa shape index (κ1) is 23.1. The molecular formula is C18H22N8O5S2. The Hall–Kier alpha value is -3.11. The Morgan fingerprint density at radius 1 is 1.12 bits per heavy atom. The highest BCUT2D eigenvalue weighted by atomic mass is 32.2. The molecule has 0 unspecified atom stereocenters. The summed E-state index contributed by atoms with van der Waals surface area (Å²) >= 11 is 0. The van der Waals surface area contributed by atoms with E-state index in [9.17, 15) is 16.8 Å². The lowest BCUT2D eigenvalue weighted by molar-refractivity contribution is 0.311. The van der Waals surface area contributed by atoms with Crippen LogP contribution in [0.25, 0.3) is 22.5 Å². The number of para-hydroxylation sites is 1. The van der Waals surface area contributed by atoms with Crippen LogP contribution in [0, 0.1) is 0 Å². The van der Waals surface area contributed by atoms with Crippen molar-refractivity contribution in [2.24, 2.45) is 5.14 Å². The number of nitrogens with two attached hydrogens (primary N) is 2. The number of sulfone groups is 1. The summed E-state index contributed by atoms with van der Waals surface area (Å²) in [6, 6.07) is 7.65. The zero-order valence-corrected chi connectivity index (χ0v) is 18.8. The SMILES string of the molecule is Nc1c(NCCO)cccc1-c1ccc(S(=O)(=O)C2CNC2)c(S(N)(=O)=O)c1-c1nn[nH]n1. The van der Waals surface area contributed by atoms with Gasteiger partial charge in [-0.1, -0.05) is 18.2 Å². The predicted octanol–water partition coefficient (Wildman–Crippen LogP) is -1.09. The largest absolute Gasteiger partial charge is 0.397 e. The summed E-state index contributed by atoms with van der Waals surface area (Å²) in [4.78, 5) is -1.06. The van der Waals surface area contributed by atoms with Gasteiger partial charge in [-0.2, -0.15) is 5.21 Å². The van der Waals surface area contributed by atoms with Gasteiger partial charge in [0.2, 0.25) is 15.8 Å². The van der Waals surface area contributed by atoms with Crippen molar-refractivity contribution in [1.82, 2.24) is 25.9 Å². The Bertz CT molecular complexity index is 1390. The van der Waals surface area contributed by atoms with Crippen LogP contribution < -0.4 is 21.5 Å². The number of nitrogens with one attached hydrogen (secondary N) is 3. The van der Waals surface area contributed by atoms with Crippen molar-refractivity contribution in [3.63, 3.8) is 0 Å². The fraction of sp³-hybridized carbons (Fsp3) is 0.278. The molecule has 33 heavy (non-hydrogen) atoms. The number of benzene rings is 2. The van der Waals surface area contributed by atoms with Crippen LogP contribution in [0.15, 0.2) is 40.1 Å². The Morgan fingerprint density at radius 2 is 1.88 bits per heavy atom. The fourth-order valence-electron chi connectivity index (χ4n) is 3.59. The van der Waals surface area contributed by atoms with E-state index in [0.717, 1.165) is 0 Å². The van der Waals surface area contributed by atoms with Crippen molar-refractivity contribution in [3.05, 3.63) is 30.3 Å². The maximum absolute atomic E-state index is 13.2. The maximum Gasteiger partial charge on any atom is 0.240 e. The highest BCUT2D eigenvalue weighted by Crippen LogP contribution is 2.42. The lowest BCUT2D eigenvalue weighted by Crippen LogP contribution is -2.51. The van der Waals surface area contributed by atoms with Crippen molar-refractivity contribution in [3.8, 4) is 22.5 Å². The van der Waals surface area contributed by atoms with Crippen molar-refractivity contribution < 1.29 is 21.9 Å². The minimum atomic E-state index is -4.57. The predicted molar refractivity (Wildman–Crippen MR) is 120 cm³/mol. The summed E-state index contributed by atoms with van der Waals surface area (Å²) in [5, 5.41) is 33.2. The van der Waals surface area contributed by atoms with Crippen LogP contribution in [0.4, 0.5) is 11.4 Å². The second-order valence-electron chi connectivity index (χ2n) is 7.34. The molecule has 176 valence electrons. The normalized spacial score (nSPS) is 14.7. The monoisotopic (exact) mass is 494 g/mol. The van der Waals surface area contributed by atoms with Crippen molar-refractivity contribution >= 4 is 31.2 Å². The summed E-state index contributed by atoms with van der Waals surface area (Å²) in [7, 11) is -8.61. The van der Waals surface area contributed by atoms with Gasteiger partial charge >= 0.3 is 0 Å². The number of aromatic nitrogens is 4. The van der Waals surface area contributed by atoms with E-state index in [1.165, 1.54) is 12.1 Å². The number of primary sulfonamides is 1. The molecule has 1 fully saturated rings. The van der Waals surface area contributed by atoms with Crippen LogP contribution >= 0.6 is 0 Å². The van der Waals surface area contributed by atoms with E-state index in [0.29, 0.717) is 11.3 Å². The molecule has 0 bridgehead atoms. The molecule has 13 nitrogen and oxygen atoms in total. The number of aromatic amines is 1. The van der Waals surface area contributed by atoms with Gasteiger partial charge in [-0.05, 0) is 22.9 Å². The Balaban J connectivity index is 2.05. The van der Waals surface area contributed by atoms with Crippen LogP contribution in [-0.2, 0) is 19.9 Å². The molecule has 3 aromatic rings. The number of rotatable bonds is 8. The quantitative estimate of drug-likeness (QED) is 0.207. The minimum Gasteiger partial charge on any atom is -0.397 e. The molecule has 1 aliphatic heterocycles. The number of sulfonamides is 1. The van der Waals surface area contributed by atoms with Gasteiger partial charge in [0, 0.05) is 25.2 Å². The first-order valence-electron chi connectivity index (χ1n) is 9.78. The van der Waals surface area contributed by atoms with Gasteiger partial charge in [0.1, 0.15) is 4.90 Å². The Kier molecular flexibility index (Phi) is 6.06. The number of tetrazole rings is 1. The molecule has 4 rings (SSSR count). The fourth-order valence-corrected chi connectivity index (χ4v) is 6.77. The standard InChI is InChI=1S/C18H22N8O5S2/c19-16-12(2-1-3-13(16)22-6-7-27)11-4-5-14(32(28,29)10-8-21-9-10)17(33(20,30)31)15(11)18-23-25-26-24-18/h1-5,10,21-22,27H,6-9,19H2,(H2,20,30,31)(H,23,24,25,26).